The first-order chi connectivity index (χ1) is 8.79. The van der Waals surface area contributed by atoms with Gasteiger partial charge in [-0.2, -0.15) is 0 Å². The molecule has 2 aliphatic rings. The minimum Gasteiger partial charge on any atom is -0.342 e. The number of rotatable bonds is 2. The van der Waals surface area contributed by atoms with E-state index < -0.39 is 0 Å². The van der Waals surface area contributed by atoms with Crippen LogP contribution in [0.15, 0.2) is 11.4 Å². The second kappa shape index (κ2) is 5.22. The molecule has 0 radical (unpaired) electrons. The molecule has 0 saturated carbocycles. The lowest BCUT2D eigenvalue weighted by molar-refractivity contribution is -0.132. The maximum Gasteiger partial charge on any atom is 0.230 e. The number of likely N-dealkylation sites (tertiary alicyclic amines) is 1. The van der Waals surface area contributed by atoms with Gasteiger partial charge in [-0.1, -0.05) is 0 Å². The van der Waals surface area contributed by atoms with E-state index in [0.29, 0.717) is 17.7 Å². The first kappa shape index (κ1) is 12.5. The molecule has 2 heterocycles. The van der Waals surface area contributed by atoms with Crippen LogP contribution in [0.5, 0.6) is 0 Å². The average molecular weight is 284 g/mol. The van der Waals surface area contributed by atoms with Crippen LogP contribution in [0.1, 0.15) is 35.6 Å². The van der Waals surface area contributed by atoms with Crippen LogP contribution < -0.4 is 0 Å². The van der Waals surface area contributed by atoms with Crippen molar-refractivity contribution >= 4 is 28.8 Å². The molecular formula is C14H18ClNOS. The fraction of sp³-hybridized carbons (Fsp3) is 0.643. The summed E-state index contributed by atoms with van der Waals surface area (Å²) in [5.74, 6) is 1.63. The maximum absolute atomic E-state index is 12.6. The summed E-state index contributed by atoms with van der Waals surface area (Å²) in [7, 11) is 0. The Morgan fingerprint density at radius 2 is 2.39 bits per heavy atom. The fourth-order valence-corrected chi connectivity index (χ4v) is 4.36. The molecule has 1 aromatic rings. The number of nitrogens with zero attached hydrogens (tertiary/aromatic N) is 1. The van der Waals surface area contributed by atoms with Gasteiger partial charge in [0.1, 0.15) is 0 Å². The third kappa shape index (κ3) is 2.19. The summed E-state index contributed by atoms with van der Waals surface area (Å²) in [6, 6.07) is 2.15. The lowest BCUT2D eigenvalue weighted by Gasteiger charge is -2.26. The molecule has 1 aliphatic heterocycles. The van der Waals surface area contributed by atoms with E-state index >= 15 is 0 Å². The van der Waals surface area contributed by atoms with Crippen LogP contribution >= 0.6 is 22.9 Å². The second-order valence-electron chi connectivity index (χ2n) is 5.34. The van der Waals surface area contributed by atoms with Crippen molar-refractivity contribution in [3.05, 3.63) is 21.9 Å². The Bertz CT molecular complexity index is 445. The van der Waals surface area contributed by atoms with Gasteiger partial charge in [-0.15, -0.1) is 22.9 Å². The van der Waals surface area contributed by atoms with Gasteiger partial charge in [0.05, 0.1) is 5.92 Å². The van der Waals surface area contributed by atoms with E-state index in [9.17, 15) is 4.79 Å². The molecule has 2 nitrogen and oxygen atoms in total. The number of fused-ring (bicyclic) bond motifs is 1. The minimum atomic E-state index is 0.120. The van der Waals surface area contributed by atoms with Crippen molar-refractivity contribution in [3.8, 4) is 0 Å². The van der Waals surface area contributed by atoms with Crippen molar-refractivity contribution in [2.24, 2.45) is 5.92 Å². The molecule has 1 fully saturated rings. The first-order valence-corrected chi connectivity index (χ1v) is 8.12. The van der Waals surface area contributed by atoms with Gasteiger partial charge in [-0.25, -0.2) is 0 Å². The highest BCUT2D eigenvalue weighted by Crippen LogP contribution is 2.37. The molecular weight excluding hydrogens is 266 g/mol. The standard InChI is InChI=1S/C14H18ClNOS/c15-8-10-4-6-16(9-10)14(17)12-2-1-3-13-11(12)5-7-18-13/h5,7,10,12H,1-4,6,8-9H2. The fourth-order valence-electron chi connectivity index (χ4n) is 3.12. The average Bonchev–Trinajstić information content (AvgIpc) is 3.05. The summed E-state index contributed by atoms with van der Waals surface area (Å²) in [5, 5.41) is 2.13. The first-order valence-electron chi connectivity index (χ1n) is 6.70. The SMILES string of the molecule is O=C(C1CCCc2sccc21)N1CCC(CCl)C1. The molecule has 1 amide bonds. The van der Waals surface area contributed by atoms with Gasteiger partial charge in [0.25, 0.3) is 0 Å². The molecule has 98 valence electrons. The van der Waals surface area contributed by atoms with Crippen LogP contribution in [0.4, 0.5) is 0 Å². The topological polar surface area (TPSA) is 20.3 Å². The summed E-state index contributed by atoms with van der Waals surface area (Å²) in [6.45, 7) is 1.75. The van der Waals surface area contributed by atoms with Crippen molar-refractivity contribution in [2.75, 3.05) is 19.0 Å². The highest BCUT2D eigenvalue weighted by Gasteiger charge is 2.33. The van der Waals surface area contributed by atoms with Gasteiger partial charge >= 0.3 is 0 Å². The van der Waals surface area contributed by atoms with E-state index in [2.05, 4.69) is 11.4 Å². The molecule has 1 saturated heterocycles. The van der Waals surface area contributed by atoms with E-state index in [-0.39, 0.29) is 5.92 Å². The zero-order valence-corrected chi connectivity index (χ0v) is 12.0. The summed E-state index contributed by atoms with van der Waals surface area (Å²) < 4.78 is 0. The molecule has 0 bridgehead atoms. The zero-order valence-electron chi connectivity index (χ0n) is 10.4. The van der Waals surface area contributed by atoms with E-state index in [1.807, 2.05) is 4.90 Å². The summed E-state index contributed by atoms with van der Waals surface area (Å²) in [6.07, 6.45) is 4.39. The lowest BCUT2D eigenvalue weighted by Crippen LogP contribution is -2.34. The van der Waals surface area contributed by atoms with Crippen molar-refractivity contribution in [1.82, 2.24) is 4.90 Å². The van der Waals surface area contributed by atoms with Crippen molar-refractivity contribution in [3.63, 3.8) is 0 Å². The van der Waals surface area contributed by atoms with Crippen LogP contribution in [-0.4, -0.2) is 29.8 Å². The quantitative estimate of drug-likeness (QED) is 0.763. The normalized spacial score (nSPS) is 27.3. The second-order valence-corrected chi connectivity index (χ2v) is 6.65. The van der Waals surface area contributed by atoms with Gasteiger partial charge in [-0.3, -0.25) is 4.79 Å². The zero-order chi connectivity index (χ0) is 12.5. The molecule has 1 aromatic heterocycles. The number of hydrogen-bond donors (Lipinski definition) is 0. The van der Waals surface area contributed by atoms with Gasteiger partial charge in [-0.05, 0) is 48.6 Å². The van der Waals surface area contributed by atoms with Crippen LogP contribution in [0.3, 0.4) is 0 Å². The Kier molecular flexibility index (Phi) is 3.62. The van der Waals surface area contributed by atoms with Crippen LogP contribution in [-0.2, 0) is 11.2 Å². The van der Waals surface area contributed by atoms with Crippen LogP contribution in [0, 0.1) is 5.92 Å². The monoisotopic (exact) mass is 283 g/mol. The largest absolute Gasteiger partial charge is 0.342 e. The van der Waals surface area contributed by atoms with Crippen molar-refractivity contribution < 1.29 is 4.79 Å². The lowest BCUT2D eigenvalue weighted by atomic mass is 9.87. The van der Waals surface area contributed by atoms with Gasteiger partial charge in [0, 0.05) is 23.8 Å². The van der Waals surface area contributed by atoms with Crippen LogP contribution in [0.2, 0.25) is 0 Å². The maximum atomic E-state index is 12.6. The smallest absolute Gasteiger partial charge is 0.230 e. The van der Waals surface area contributed by atoms with Gasteiger partial charge < -0.3 is 4.90 Å². The Labute approximate surface area is 117 Å². The highest BCUT2D eigenvalue weighted by atomic mass is 35.5. The van der Waals surface area contributed by atoms with Crippen molar-refractivity contribution in [1.29, 1.82) is 0 Å². The third-order valence-electron chi connectivity index (χ3n) is 4.17. The number of alkyl halides is 1. The summed E-state index contributed by atoms with van der Waals surface area (Å²) in [5.41, 5.74) is 1.30. The Hall–Kier alpha value is -0.540. The number of hydrogen-bond acceptors (Lipinski definition) is 2. The summed E-state index contributed by atoms with van der Waals surface area (Å²) >= 11 is 7.69. The highest BCUT2D eigenvalue weighted by molar-refractivity contribution is 7.10. The summed E-state index contributed by atoms with van der Waals surface area (Å²) in [4.78, 5) is 16.1. The molecule has 0 N–H and O–H groups in total. The predicted octanol–water partition coefficient (Wildman–Crippen LogP) is 3.26. The predicted molar refractivity (Wildman–Crippen MR) is 75.4 cm³/mol. The van der Waals surface area contributed by atoms with E-state index in [1.54, 1.807) is 11.3 Å². The molecule has 18 heavy (non-hydrogen) atoms. The van der Waals surface area contributed by atoms with E-state index in [0.717, 1.165) is 38.8 Å². The molecule has 0 spiro atoms. The minimum absolute atomic E-state index is 0.120. The van der Waals surface area contributed by atoms with Crippen molar-refractivity contribution in [2.45, 2.75) is 31.6 Å². The number of halogens is 1. The number of aryl methyl sites for hydroxylation is 1. The number of thiophene rings is 1. The third-order valence-corrected chi connectivity index (χ3v) is 5.60. The van der Waals surface area contributed by atoms with Gasteiger partial charge in [0.2, 0.25) is 5.91 Å². The Balaban J connectivity index is 1.75. The molecule has 0 aromatic carbocycles. The molecule has 3 rings (SSSR count). The molecule has 2 unspecified atom stereocenters. The molecule has 2 atom stereocenters. The number of carbonyl (C=O) groups is 1. The van der Waals surface area contributed by atoms with E-state index in [1.165, 1.54) is 10.4 Å². The van der Waals surface area contributed by atoms with Crippen LogP contribution in [0.25, 0.3) is 0 Å². The molecule has 4 heteroatoms. The Morgan fingerprint density at radius 1 is 1.50 bits per heavy atom. The number of carbonyl (C=O) groups excluding carboxylic acids is 1. The Morgan fingerprint density at radius 3 is 3.17 bits per heavy atom. The molecule has 1 aliphatic carbocycles. The van der Waals surface area contributed by atoms with Gasteiger partial charge in [0.15, 0.2) is 0 Å². The number of amides is 1. The van der Waals surface area contributed by atoms with E-state index in [4.69, 9.17) is 11.6 Å².